The molecule has 1 aromatic heterocycles. The van der Waals surface area contributed by atoms with Crippen LogP contribution in [0.1, 0.15) is 37.3 Å². The molecule has 2 amide bonds. The third kappa shape index (κ3) is 2.69. The van der Waals surface area contributed by atoms with Gasteiger partial charge in [-0.05, 0) is 31.7 Å². The third-order valence-corrected chi connectivity index (χ3v) is 5.03. The molecule has 23 heavy (non-hydrogen) atoms. The van der Waals surface area contributed by atoms with E-state index in [1.165, 1.54) is 0 Å². The van der Waals surface area contributed by atoms with Gasteiger partial charge in [-0.3, -0.25) is 9.59 Å². The minimum Gasteiger partial charge on any atom is -0.394 e. The Kier molecular flexibility index (Phi) is 4.06. The number of fused-ring (bicyclic) bond motifs is 1. The first kappa shape index (κ1) is 15.9. The van der Waals surface area contributed by atoms with Crippen molar-refractivity contribution in [3.05, 3.63) is 24.3 Å². The number of likely N-dealkylation sites (tertiary alicyclic amines) is 2. The van der Waals surface area contributed by atoms with Crippen LogP contribution in [0.25, 0.3) is 0 Å². The summed E-state index contributed by atoms with van der Waals surface area (Å²) >= 11 is 0. The second kappa shape index (κ2) is 5.88. The molecule has 0 spiro atoms. The van der Waals surface area contributed by atoms with E-state index >= 15 is 0 Å². The fourth-order valence-corrected chi connectivity index (χ4v) is 4.11. The van der Waals surface area contributed by atoms with Crippen LogP contribution in [-0.4, -0.2) is 68.0 Å². The van der Waals surface area contributed by atoms with Gasteiger partial charge >= 0.3 is 0 Å². The molecule has 1 aromatic rings. The van der Waals surface area contributed by atoms with Crippen molar-refractivity contribution < 1.29 is 14.7 Å². The van der Waals surface area contributed by atoms with Gasteiger partial charge in [0, 0.05) is 38.4 Å². The van der Waals surface area contributed by atoms with Gasteiger partial charge in [-0.1, -0.05) is 0 Å². The lowest BCUT2D eigenvalue weighted by molar-refractivity contribution is -0.137. The smallest absolute Gasteiger partial charge is 0.291 e. The minimum atomic E-state index is -0.538. The van der Waals surface area contributed by atoms with Gasteiger partial charge in [0.25, 0.3) is 5.91 Å². The maximum Gasteiger partial charge on any atom is 0.291 e. The van der Waals surface area contributed by atoms with Crippen molar-refractivity contribution >= 4 is 11.8 Å². The van der Waals surface area contributed by atoms with E-state index < -0.39 is 5.54 Å². The fourth-order valence-electron chi connectivity index (χ4n) is 4.11. The largest absolute Gasteiger partial charge is 0.394 e. The quantitative estimate of drug-likeness (QED) is 0.848. The zero-order valence-corrected chi connectivity index (χ0v) is 13.5. The van der Waals surface area contributed by atoms with Gasteiger partial charge in [-0.15, -0.1) is 0 Å². The summed E-state index contributed by atoms with van der Waals surface area (Å²) in [6, 6.07) is 1.77. The zero-order valence-electron chi connectivity index (χ0n) is 13.5. The molecule has 3 heterocycles. The monoisotopic (exact) mass is 318 g/mol. The number of aliphatic hydroxyl groups is 1. The van der Waals surface area contributed by atoms with Crippen molar-refractivity contribution in [2.45, 2.75) is 38.3 Å². The van der Waals surface area contributed by atoms with E-state index in [-0.39, 0.29) is 36.2 Å². The molecule has 0 saturated carbocycles. The molecule has 0 bridgehead atoms. The maximum atomic E-state index is 12.5. The minimum absolute atomic E-state index is 0.0137. The van der Waals surface area contributed by atoms with Gasteiger partial charge in [0.2, 0.25) is 11.7 Å². The highest BCUT2D eigenvalue weighted by atomic mass is 16.3. The molecule has 1 N–H and O–H groups in total. The number of piperidine rings is 1. The van der Waals surface area contributed by atoms with Gasteiger partial charge in [0.05, 0.1) is 12.1 Å². The Morgan fingerprint density at radius 3 is 2.70 bits per heavy atom. The Labute approximate surface area is 135 Å². The molecular formula is C16H22N4O3. The van der Waals surface area contributed by atoms with E-state index in [1.807, 2.05) is 11.8 Å². The van der Waals surface area contributed by atoms with E-state index in [9.17, 15) is 14.7 Å². The highest BCUT2D eigenvalue weighted by Gasteiger charge is 2.51. The van der Waals surface area contributed by atoms with Crippen molar-refractivity contribution in [2.75, 3.05) is 19.7 Å². The van der Waals surface area contributed by atoms with Crippen LogP contribution in [0.4, 0.5) is 0 Å². The van der Waals surface area contributed by atoms with Crippen molar-refractivity contribution in [1.29, 1.82) is 0 Å². The lowest BCUT2D eigenvalue weighted by atomic mass is 9.89. The fraction of sp³-hybridized carbons (Fsp3) is 0.625. The summed E-state index contributed by atoms with van der Waals surface area (Å²) in [5, 5.41) is 9.75. The summed E-state index contributed by atoms with van der Waals surface area (Å²) < 4.78 is 0. The summed E-state index contributed by atoms with van der Waals surface area (Å²) in [5.41, 5.74) is -0.538. The Morgan fingerprint density at radius 1 is 1.39 bits per heavy atom. The second-order valence-corrected chi connectivity index (χ2v) is 6.69. The average molecular weight is 318 g/mol. The molecule has 3 rings (SSSR count). The van der Waals surface area contributed by atoms with Crippen molar-refractivity contribution in [2.24, 2.45) is 5.92 Å². The Hall–Kier alpha value is -2.02. The third-order valence-electron chi connectivity index (χ3n) is 5.03. The maximum absolute atomic E-state index is 12.5. The zero-order chi connectivity index (χ0) is 16.6. The molecular weight excluding hydrogens is 296 g/mol. The van der Waals surface area contributed by atoms with Gasteiger partial charge in [0.15, 0.2) is 0 Å². The standard InChI is InChI=1S/C16H22N4O3/c1-11(22)20-13-4-7-19(9-12(13)8-16(20,2)10-21)15(23)14-17-5-3-6-18-14/h3,5-6,12-13,21H,4,7-10H2,1-2H3/t12-,13-,16+/m0/s1. The van der Waals surface area contributed by atoms with Crippen LogP contribution in [0.2, 0.25) is 0 Å². The number of hydrogen-bond donors (Lipinski definition) is 1. The van der Waals surface area contributed by atoms with Gasteiger partial charge in [0.1, 0.15) is 0 Å². The number of aromatic nitrogens is 2. The molecule has 3 atom stereocenters. The SMILES string of the molecule is CC(=O)N1[C@H]2CCN(C(=O)c3ncccn3)C[C@@H]2C[C@]1(C)CO. The summed E-state index contributed by atoms with van der Waals surface area (Å²) in [4.78, 5) is 36.2. The molecule has 124 valence electrons. The first-order valence-electron chi connectivity index (χ1n) is 7.93. The first-order chi connectivity index (χ1) is 11.0. The van der Waals surface area contributed by atoms with Crippen LogP contribution in [0.15, 0.2) is 18.5 Å². The van der Waals surface area contributed by atoms with E-state index in [0.717, 1.165) is 6.42 Å². The molecule has 7 nitrogen and oxygen atoms in total. The van der Waals surface area contributed by atoms with Gasteiger partial charge in [-0.25, -0.2) is 9.97 Å². The predicted octanol–water partition coefficient (Wildman–Crippen LogP) is 0.311. The lowest BCUT2D eigenvalue weighted by Gasteiger charge is -2.40. The van der Waals surface area contributed by atoms with E-state index in [1.54, 1.807) is 30.3 Å². The number of hydrogen-bond acceptors (Lipinski definition) is 5. The molecule has 0 aliphatic carbocycles. The number of amides is 2. The number of rotatable bonds is 2. The number of carbonyl (C=O) groups excluding carboxylic acids is 2. The predicted molar refractivity (Wildman–Crippen MR) is 82.5 cm³/mol. The van der Waals surface area contributed by atoms with Crippen LogP contribution in [0.5, 0.6) is 0 Å². The second-order valence-electron chi connectivity index (χ2n) is 6.69. The Balaban J connectivity index is 1.77. The van der Waals surface area contributed by atoms with Crippen molar-refractivity contribution in [1.82, 2.24) is 19.8 Å². The molecule has 7 heteroatoms. The highest BCUT2D eigenvalue weighted by molar-refractivity contribution is 5.90. The summed E-state index contributed by atoms with van der Waals surface area (Å²) in [6.07, 6.45) is 4.54. The van der Waals surface area contributed by atoms with E-state index in [0.29, 0.717) is 19.5 Å². The topological polar surface area (TPSA) is 86.6 Å². The van der Waals surface area contributed by atoms with Gasteiger partial charge < -0.3 is 14.9 Å². The van der Waals surface area contributed by atoms with Crippen LogP contribution >= 0.6 is 0 Å². The molecule has 0 aromatic carbocycles. The van der Waals surface area contributed by atoms with E-state index in [4.69, 9.17) is 0 Å². The molecule has 2 saturated heterocycles. The molecule has 2 aliphatic heterocycles. The Bertz CT molecular complexity index is 609. The highest BCUT2D eigenvalue weighted by Crippen LogP contribution is 2.42. The van der Waals surface area contributed by atoms with Gasteiger partial charge in [-0.2, -0.15) is 0 Å². The van der Waals surface area contributed by atoms with Crippen LogP contribution in [0.3, 0.4) is 0 Å². The number of carbonyl (C=O) groups is 2. The van der Waals surface area contributed by atoms with Crippen molar-refractivity contribution in [3.8, 4) is 0 Å². The molecule has 2 fully saturated rings. The van der Waals surface area contributed by atoms with Crippen LogP contribution in [0, 0.1) is 5.92 Å². The molecule has 0 unspecified atom stereocenters. The average Bonchev–Trinajstić information content (AvgIpc) is 2.86. The van der Waals surface area contributed by atoms with Crippen LogP contribution < -0.4 is 0 Å². The summed E-state index contributed by atoms with van der Waals surface area (Å²) in [5.74, 6) is 0.200. The number of aliphatic hydroxyl groups excluding tert-OH is 1. The first-order valence-corrected chi connectivity index (χ1v) is 7.93. The Morgan fingerprint density at radius 2 is 2.09 bits per heavy atom. The van der Waals surface area contributed by atoms with Crippen molar-refractivity contribution in [3.63, 3.8) is 0 Å². The molecule has 0 radical (unpaired) electrons. The lowest BCUT2D eigenvalue weighted by Crippen LogP contribution is -2.53. The number of nitrogens with zero attached hydrogens (tertiary/aromatic N) is 4. The van der Waals surface area contributed by atoms with E-state index in [2.05, 4.69) is 9.97 Å². The molecule has 2 aliphatic rings. The van der Waals surface area contributed by atoms with Crippen LogP contribution in [-0.2, 0) is 4.79 Å². The normalized spacial score (nSPS) is 30.2. The summed E-state index contributed by atoms with van der Waals surface area (Å²) in [6.45, 7) is 4.55. The summed E-state index contributed by atoms with van der Waals surface area (Å²) in [7, 11) is 0.